The molecule has 0 saturated carbocycles. The third-order valence-corrected chi connectivity index (χ3v) is 5.24. The highest BCUT2D eigenvalue weighted by molar-refractivity contribution is 5.61. The van der Waals surface area contributed by atoms with Crippen molar-refractivity contribution >= 4 is 23.1 Å². The van der Waals surface area contributed by atoms with Gasteiger partial charge in [0.2, 0.25) is 5.95 Å². The first-order valence-electron chi connectivity index (χ1n) is 9.96. The van der Waals surface area contributed by atoms with E-state index in [0.29, 0.717) is 23.9 Å². The molecule has 3 aromatic rings. The van der Waals surface area contributed by atoms with Crippen LogP contribution in [0.15, 0.2) is 54.7 Å². The maximum atomic E-state index is 13.7. The molecule has 150 valence electrons. The zero-order valence-corrected chi connectivity index (χ0v) is 16.5. The van der Waals surface area contributed by atoms with Gasteiger partial charge in [-0.15, -0.1) is 5.10 Å². The predicted molar refractivity (Wildman–Crippen MR) is 114 cm³/mol. The van der Waals surface area contributed by atoms with Crippen LogP contribution in [0.3, 0.4) is 0 Å². The van der Waals surface area contributed by atoms with Crippen LogP contribution in [0.2, 0.25) is 0 Å². The zero-order valence-electron chi connectivity index (χ0n) is 16.5. The van der Waals surface area contributed by atoms with Crippen LogP contribution in [0.4, 0.5) is 27.5 Å². The summed E-state index contributed by atoms with van der Waals surface area (Å²) in [5.74, 6) is 1.48. The number of nitrogens with zero attached hydrogens (tertiary/aromatic N) is 4. The molecule has 0 radical (unpaired) electrons. The lowest BCUT2D eigenvalue weighted by molar-refractivity contribution is 0.438. The molecule has 0 amide bonds. The number of anilines is 4. The van der Waals surface area contributed by atoms with Crippen LogP contribution >= 0.6 is 0 Å². The minimum absolute atomic E-state index is 0.259. The highest BCUT2D eigenvalue weighted by Crippen LogP contribution is 2.25. The molecule has 2 aromatic carbocycles. The van der Waals surface area contributed by atoms with Gasteiger partial charge in [0.15, 0.2) is 5.82 Å². The first kappa shape index (κ1) is 19.1. The molecule has 1 aliphatic heterocycles. The fourth-order valence-electron chi connectivity index (χ4n) is 3.42. The van der Waals surface area contributed by atoms with Crippen molar-refractivity contribution in [1.82, 2.24) is 15.2 Å². The molecule has 6 nitrogen and oxygen atoms in total. The Bertz CT molecular complexity index is 938. The number of benzene rings is 2. The summed E-state index contributed by atoms with van der Waals surface area (Å²) in [6.07, 6.45) is 4.05. The Kier molecular flexibility index (Phi) is 5.84. The topological polar surface area (TPSA) is 66.0 Å². The summed E-state index contributed by atoms with van der Waals surface area (Å²) >= 11 is 0. The van der Waals surface area contributed by atoms with Gasteiger partial charge in [-0.1, -0.05) is 25.1 Å². The van der Waals surface area contributed by atoms with Crippen molar-refractivity contribution in [1.29, 1.82) is 0 Å². The SMILES string of the molecule is CC1CCN(c2ccc(Nc3cnnc(NCc4ccccc4F)n3)cc2)CC1. The van der Waals surface area contributed by atoms with Crippen LogP contribution < -0.4 is 15.5 Å². The molecule has 1 aliphatic rings. The van der Waals surface area contributed by atoms with E-state index in [2.05, 4.69) is 49.8 Å². The summed E-state index contributed by atoms with van der Waals surface area (Å²) in [6, 6.07) is 15.0. The highest BCUT2D eigenvalue weighted by atomic mass is 19.1. The number of rotatable bonds is 6. The van der Waals surface area contributed by atoms with E-state index in [0.717, 1.165) is 24.7 Å². The van der Waals surface area contributed by atoms with Crippen molar-refractivity contribution < 1.29 is 4.39 Å². The van der Waals surface area contributed by atoms with E-state index in [4.69, 9.17) is 0 Å². The summed E-state index contributed by atoms with van der Waals surface area (Å²) in [7, 11) is 0. The van der Waals surface area contributed by atoms with Gasteiger partial charge in [0.25, 0.3) is 0 Å². The molecule has 1 saturated heterocycles. The number of hydrogen-bond acceptors (Lipinski definition) is 6. The second kappa shape index (κ2) is 8.86. The van der Waals surface area contributed by atoms with Gasteiger partial charge in [-0.2, -0.15) is 10.1 Å². The minimum atomic E-state index is -0.259. The first-order valence-corrected chi connectivity index (χ1v) is 9.96. The maximum Gasteiger partial charge on any atom is 0.244 e. The van der Waals surface area contributed by atoms with E-state index in [-0.39, 0.29) is 5.82 Å². The van der Waals surface area contributed by atoms with Crippen LogP contribution in [0.25, 0.3) is 0 Å². The van der Waals surface area contributed by atoms with Crippen LogP contribution in [-0.4, -0.2) is 28.3 Å². The number of halogens is 1. The monoisotopic (exact) mass is 392 g/mol. The zero-order chi connectivity index (χ0) is 20.1. The van der Waals surface area contributed by atoms with Crippen LogP contribution in [0, 0.1) is 11.7 Å². The maximum absolute atomic E-state index is 13.7. The van der Waals surface area contributed by atoms with Crippen molar-refractivity contribution in [3.8, 4) is 0 Å². The van der Waals surface area contributed by atoms with Crippen molar-refractivity contribution in [2.75, 3.05) is 28.6 Å². The van der Waals surface area contributed by atoms with Gasteiger partial charge in [-0.3, -0.25) is 0 Å². The largest absolute Gasteiger partial charge is 0.372 e. The van der Waals surface area contributed by atoms with E-state index in [1.165, 1.54) is 24.6 Å². The molecule has 2 N–H and O–H groups in total. The molecule has 1 fully saturated rings. The molecule has 0 aliphatic carbocycles. The molecule has 7 heteroatoms. The number of piperidine rings is 1. The van der Waals surface area contributed by atoms with Gasteiger partial charge < -0.3 is 15.5 Å². The lowest BCUT2D eigenvalue weighted by atomic mass is 9.99. The Morgan fingerprint density at radius 1 is 1.07 bits per heavy atom. The molecule has 0 atom stereocenters. The number of nitrogens with one attached hydrogen (secondary N) is 2. The molecule has 0 unspecified atom stereocenters. The van der Waals surface area contributed by atoms with Crippen LogP contribution in [0.5, 0.6) is 0 Å². The highest BCUT2D eigenvalue weighted by Gasteiger charge is 2.15. The predicted octanol–water partition coefficient (Wildman–Crippen LogP) is 4.60. The number of hydrogen-bond donors (Lipinski definition) is 2. The standard InChI is InChI=1S/C22H25FN6/c1-16-10-12-29(13-11-16)19-8-6-18(7-9-19)26-21-15-25-28-22(27-21)24-14-17-4-2-3-5-20(17)23/h2-9,15-16H,10-14H2,1H3,(H2,24,26,27,28). The summed E-state index contributed by atoms with van der Waals surface area (Å²) in [5.41, 5.74) is 2.73. The lowest BCUT2D eigenvalue weighted by Gasteiger charge is -2.32. The van der Waals surface area contributed by atoms with Crippen molar-refractivity contribution in [3.05, 3.63) is 66.1 Å². The van der Waals surface area contributed by atoms with E-state index in [9.17, 15) is 4.39 Å². The second-order valence-corrected chi connectivity index (χ2v) is 7.45. The van der Waals surface area contributed by atoms with Gasteiger partial charge in [0, 0.05) is 36.6 Å². The third-order valence-electron chi connectivity index (χ3n) is 5.24. The summed E-state index contributed by atoms with van der Waals surface area (Å²) in [4.78, 5) is 6.84. The normalized spacial score (nSPS) is 14.6. The van der Waals surface area contributed by atoms with E-state index < -0.39 is 0 Å². The fraction of sp³-hybridized carbons (Fsp3) is 0.318. The molecule has 0 bridgehead atoms. The average Bonchev–Trinajstić information content (AvgIpc) is 2.75. The first-order chi connectivity index (χ1) is 14.2. The van der Waals surface area contributed by atoms with Crippen LogP contribution in [-0.2, 0) is 6.54 Å². The Hall–Kier alpha value is -3.22. The molecule has 4 rings (SSSR count). The minimum Gasteiger partial charge on any atom is -0.372 e. The summed E-state index contributed by atoms with van der Waals surface area (Å²) in [6.45, 7) is 4.84. The Morgan fingerprint density at radius 3 is 2.59 bits per heavy atom. The smallest absolute Gasteiger partial charge is 0.244 e. The fourth-order valence-corrected chi connectivity index (χ4v) is 3.42. The molecular formula is C22H25FN6. The number of aromatic nitrogens is 3. The van der Waals surface area contributed by atoms with Gasteiger partial charge in [-0.25, -0.2) is 4.39 Å². The van der Waals surface area contributed by atoms with Crippen molar-refractivity contribution in [2.45, 2.75) is 26.3 Å². The van der Waals surface area contributed by atoms with Crippen molar-refractivity contribution in [3.63, 3.8) is 0 Å². The van der Waals surface area contributed by atoms with E-state index >= 15 is 0 Å². The lowest BCUT2D eigenvalue weighted by Crippen LogP contribution is -2.32. The van der Waals surface area contributed by atoms with Gasteiger partial charge in [0.1, 0.15) is 5.82 Å². The third kappa shape index (κ3) is 4.99. The van der Waals surface area contributed by atoms with E-state index in [1.807, 2.05) is 12.1 Å². The summed E-state index contributed by atoms with van der Waals surface area (Å²) < 4.78 is 13.7. The molecule has 29 heavy (non-hydrogen) atoms. The molecule has 1 aromatic heterocycles. The Labute approximate surface area is 170 Å². The molecular weight excluding hydrogens is 367 g/mol. The average molecular weight is 392 g/mol. The Morgan fingerprint density at radius 2 is 1.83 bits per heavy atom. The molecule has 0 spiro atoms. The van der Waals surface area contributed by atoms with E-state index in [1.54, 1.807) is 24.4 Å². The molecule has 2 heterocycles. The van der Waals surface area contributed by atoms with Crippen LogP contribution in [0.1, 0.15) is 25.3 Å². The van der Waals surface area contributed by atoms with Gasteiger partial charge in [-0.05, 0) is 49.1 Å². The van der Waals surface area contributed by atoms with Crippen molar-refractivity contribution in [2.24, 2.45) is 5.92 Å². The van der Waals surface area contributed by atoms with Gasteiger partial charge in [0.05, 0.1) is 6.20 Å². The van der Waals surface area contributed by atoms with Gasteiger partial charge >= 0.3 is 0 Å². The second-order valence-electron chi connectivity index (χ2n) is 7.45. The Balaban J connectivity index is 1.37. The quantitative estimate of drug-likeness (QED) is 0.639. The summed E-state index contributed by atoms with van der Waals surface area (Å²) in [5, 5.41) is 14.2.